The first kappa shape index (κ1) is 18.3. The van der Waals surface area contributed by atoms with E-state index in [0.29, 0.717) is 30.3 Å². The second-order valence-electron chi connectivity index (χ2n) is 6.63. The average molecular weight is 395 g/mol. The molecule has 3 aromatic rings. The second kappa shape index (κ2) is 8.31. The topological polar surface area (TPSA) is 55.0 Å². The molecule has 5 nitrogen and oxygen atoms in total. The van der Waals surface area contributed by atoms with Gasteiger partial charge in [-0.25, -0.2) is 0 Å². The van der Waals surface area contributed by atoms with Crippen molar-refractivity contribution in [1.29, 1.82) is 0 Å². The number of carbonyl (C=O) groups is 1. The van der Waals surface area contributed by atoms with E-state index in [2.05, 4.69) is 5.16 Å². The molecule has 28 heavy (non-hydrogen) atoms. The molecule has 0 spiro atoms. The molecule has 0 aliphatic carbocycles. The molecule has 4 rings (SSSR count). The number of benzene rings is 2. The predicted molar refractivity (Wildman–Crippen MR) is 107 cm³/mol. The Balaban J connectivity index is 1.49. The van der Waals surface area contributed by atoms with E-state index in [9.17, 15) is 4.79 Å². The third kappa shape index (κ3) is 4.26. The summed E-state index contributed by atoms with van der Waals surface area (Å²) in [5.41, 5.74) is 2.86. The van der Waals surface area contributed by atoms with Crippen molar-refractivity contribution in [1.82, 2.24) is 4.90 Å². The first-order valence-corrected chi connectivity index (χ1v) is 9.42. The van der Waals surface area contributed by atoms with Gasteiger partial charge in [-0.15, -0.1) is 0 Å². The summed E-state index contributed by atoms with van der Waals surface area (Å²) < 4.78 is 5.31. The Morgan fingerprint density at radius 2 is 1.96 bits per heavy atom. The summed E-state index contributed by atoms with van der Waals surface area (Å²) in [4.78, 5) is 20.3. The zero-order valence-electron chi connectivity index (χ0n) is 15.1. The largest absolute Gasteiger partial charge is 0.459 e. The summed E-state index contributed by atoms with van der Waals surface area (Å²) in [5, 5.41) is 4.85. The van der Waals surface area contributed by atoms with Gasteiger partial charge in [-0.2, -0.15) is 0 Å². The predicted octanol–water partition coefficient (Wildman–Crippen LogP) is 4.77. The molecule has 2 heterocycles. The maximum atomic E-state index is 12.9. The van der Waals surface area contributed by atoms with E-state index in [-0.39, 0.29) is 12.0 Å². The van der Waals surface area contributed by atoms with Gasteiger partial charge in [0.15, 0.2) is 11.9 Å². The van der Waals surface area contributed by atoms with E-state index in [1.165, 1.54) is 6.26 Å². The van der Waals surface area contributed by atoms with Gasteiger partial charge in [0.25, 0.3) is 5.91 Å². The molecule has 1 aliphatic rings. The highest BCUT2D eigenvalue weighted by molar-refractivity contribution is 6.30. The summed E-state index contributed by atoms with van der Waals surface area (Å²) in [6.45, 7) is 0.798. The van der Waals surface area contributed by atoms with Crippen LogP contribution in [-0.4, -0.2) is 29.2 Å². The minimum Gasteiger partial charge on any atom is -0.459 e. The smallest absolute Gasteiger partial charge is 0.289 e. The Bertz CT molecular complexity index is 970. The van der Waals surface area contributed by atoms with Crippen LogP contribution in [0.15, 0.2) is 82.6 Å². The lowest BCUT2D eigenvalue weighted by Crippen LogP contribution is -2.37. The lowest BCUT2D eigenvalue weighted by atomic mass is 10.0. The summed E-state index contributed by atoms with van der Waals surface area (Å²) in [7, 11) is 0. The van der Waals surface area contributed by atoms with Crippen LogP contribution in [-0.2, 0) is 11.4 Å². The van der Waals surface area contributed by atoms with Crippen molar-refractivity contribution >= 4 is 23.2 Å². The maximum absolute atomic E-state index is 12.9. The minimum atomic E-state index is -0.215. The SMILES string of the molecule is O=C(c1ccco1)N(Cc1cccc(Cl)c1)C[C@H]1CC(c2ccccc2)=NO1. The van der Waals surface area contributed by atoms with Crippen molar-refractivity contribution in [2.75, 3.05) is 6.54 Å². The fourth-order valence-corrected chi connectivity index (χ4v) is 3.42. The summed E-state index contributed by atoms with van der Waals surface area (Å²) >= 11 is 6.10. The quantitative estimate of drug-likeness (QED) is 0.605. The van der Waals surface area contributed by atoms with Crippen LogP contribution in [0.1, 0.15) is 28.1 Å². The first-order valence-electron chi connectivity index (χ1n) is 9.04. The molecule has 2 aromatic carbocycles. The molecule has 0 unspecified atom stereocenters. The molecule has 0 saturated carbocycles. The highest BCUT2D eigenvalue weighted by Gasteiger charge is 2.28. The number of amides is 1. The number of hydrogen-bond acceptors (Lipinski definition) is 4. The highest BCUT2D eigenvalue weighted by atomic mass is 35.5. The van der Waals surface area contributed by atoms with E-state index in [4.69, 9.17) is 20.9 Å². The van der Waals surface area contributed by atoms with Crippen LogP contribution in [0.2, 0.25) is 5.02 Å². The van der Waals surface area contributed by atoms with Gasteiger partial charge in [0.2, 0.25) is 0 Å². The van der Waals surface area contributed by atoms with Crippen LogP contribution in [0, 0.1) is 0 Å². The molecule has 0 saturated heterocycles. The van der Waals surface area contributed by atoms with Gasteiger partial charge in [-0.3, -0.25) is 4.79 Å². The standard InChI is InChI=1S/C22H19ClN2O3/c23-18-9-4-6-16(12-18)14-25(22(26)21-10-5-11-27-21)15-19-13-20(24-28-19)17-7-2-1-3-8-17/h1-12,19H,13-15H2/t19-/m1/s1. The average Bonchev–Trinajstić information content (AvgIpc) is 3.40. The van der Waals surface area contributed by atoms with Gasteiger partial charge in [-0.1, -0.05) is 59.2 Å². The van der Waals surface area contributed by atoms with E-state index < -0.39 is 0 Å². The van der Waals surface area contributed by atoms with Crippen molar-refractivity contribution in [3.8, 4) is 0 Å². The molecule has 0 fully saturated rings. The lowest BCUT2D eigenvalue weighted by molar-refractivity contribution is 0.0387. The Morgan fingerprint density at radius 1 is 1.11 bits per heavy atom. The lowest BCUT2D eigenvalue weighted by Gasteiger charge is -2.24. The van der Waals surface area contributed by atoms with Crippen molar-refractivity contribution in [3.05, 3.63) is 94.9 Å². The number of oxime groups is 1. The number of carbonyl (C=O) groups excluding carboxylic acids is 1. The van der Waals surface area contributed by atoms with Crippen molar-refractivity contribution < 1.29 is 14.0 Å². The number of furan rings is 1. The molecule has 1 amide bonds. The molecule has 0 radical (unpaired) electrons. The molecule has 1 atom stereocenters. The molecule has 0 bridgehead atoms. The van der Waals surface area contributed by atoms with Gasteiger partial charge in [0, 0.05) is 18.0 Å². The van der Waals surface area contributed by atoms with E-state index in [1.54, 1.807) is 17.0 Å². The van der Waals surface area contributed by atoms with Gasteiger partial charge >= 0.3 is 0 Å². The van der Waals surface area contributed by atoms with Crippen LogP contribution in [0.4, 0.5) is 0 Å². The third-order valence-corrected chi connectivity index (χ3v) is 4.78. The highest BCUT2D eigenvalue weighted by Crippen LogP contribution is 2.21. The monoisotopic (exact) mass is 394 g/mol. The van der Waals surface area contributed by atoms with E-state index in [0.717, 1.165) is 16.8 Å². The fraction of sp³-hybridized carbons (Fsp3) is 0.182. The number of halogens is 1. The van der Waals surface area contributed by atoms with Crippen molar-refractivity contribution in [2.45, 2.75) is 19.1 Å². The second-order valence-corrected chi connectivity index (χ2v) is 7.06. The Labute approximate surface area is 168 Å². The molecule has 0 N–H and O–H groups in total. The normalized spacial score (nSPS) is 15.8. The molecular weight excluding hydrogens is 376 g/mol. The fourth-order valence-electron chi connectivity index (χ4n) is 3.20. The Hall–Kier alpha value is -3.05. The molecule has 142 valence electrons. The molecule has 6 heteroatoms. The summed E-state index contributed by atoms with van der Waals surface area (Å²) in [6, 6.07) is 20.7. The van der Waals surface area contributed by atoms with Crippen LogP contribution in [0.25, 0.3) is 0 Å². The Kier molecular flexibility index (Phi) is 5.44. The minimum absolute atomic E-state index is 0.193. The van der Waals surface area contributed by atoms with Crippen LogP contribution >= 0.6 is 11.6 Å². The summed E-state index contributed by atoms with van der Waals surface area (Å²) in [5.74, 6) is 0.103. The van der Waals surface area contributed by atoms with E-state index >= 15 is 0 Å². The maximum Gasteiger partial charge on any atom is 0.289 e. The van der Waals surface area contributed by atoms with Crippen LogP contribution in [0.3, 0.4) is 0 Å². The van der Waals surface area contributed by atoms with Crippen molar-refractivity contribution in [2.24, 2.45) is 5.16 Å². The number of hydrogen-bond donors (Lipinski definition) is 0. The number of nitrogens with zero attached hydrogens (tertiary/aromatic N) is 2. The van der Waals surface area contributed by atoms with Crippen LogP contribution in [0.5, 0.6) is 0 Å². The molecule has 1 aromatic heterocycles. The van der Waals surface area contributed by atoms with Gasteiger partial charge < -0.3 is 14.2 Å². The third-order valence-electron chi connectivity index (χ3n) is 4.55. The van der Waals surface area contributed by atoms with E-state index in [1.807, 2.05) is 54.6 Å². The zero-order valence-corrected chi connectivity index (χ0v) is 15.9. The number of rotatable bonds is 6. The first-order chi connectivity index (χ1) is 13.7. The van der Waals surface area contributed by atoms with Crippen molar-refractivity contribution in [3.63, 3.8) is 0 Å². The van der Waals surface area contributed by atoms with Gasteiger partial charge in [0.05, 0.1) is 18.5 Å². The van der Waals surface area contributed by atoms with Gasteiger partial charge in [0.1, 0.15) is 0 Å². The summed E-state index contributed by atoms with van der Waals surface area (Å²) in [6.07, 6.45) is 1.92. The van der Waals surface area contributed by atoms with Gasteiger partial charge in [-0.05, 0) is 35.4 Å². The Morgan fingerprint density at radius 3 is 2.71 bits per heavy atom. The molecular formula is C22H19ClN2O3. The zero-order chi connectivity index (χ0) is 19.3. The van der Waals surface area contributed by atoms with Crippen LogP contribution < -0.4 is 0 Å². The molecule has 1 aliphatic heterocycles.